The molecule has 2 aromatic rings. The van der Waals surface area contributed by atoms with E-state index >= 15 is 0 Å². The highest BCUT2D eigenvalue weighted by atomic mass is 16.4. The highest BCUT2D eigenvalue weighted by Crippen LogP contribution is 2.27. The van der Waals surface area contributed by atoms with Crippen molar-refractivity contribution in [2.45, 2.75) is 0 Å². The first kappa shape index (κ1) is 11.9. The van der Waals surface area contributed by atoms with Crippen LogP contribution in [-0.2, 0) is 0 Å². The average Bonchev–Trinajstić information content (AvgIpc) is 2.83. The molecule has 0 spiro atoms. The zero-order valence-corrected chi connectivity index (χ0v) is 11.0. The molecular weight excluding hydrogens is 264 g/mol. The maximum Gasteiger partial charge on any atom is 0.344 e. The van der Waals surface area contributed by atoms with Crippen molar-refractivity contribution in [2.75, 3.05) is 0 Å². The van der Waals surface area contributed by atoms with Crippen molar-refractivity contribution in [3.05, 3.63) is 86.0 Å². The van der Waals surface area contributed by atoms with Gasteiger partial charge < -0.3 is 4.42 Å². The van der Waals surface area contributed by atoms with Crippen LogP contribution in [0.25, 0.3) is 28.2 Å². The van der Waals surface area contributed by atoms with Gasteiger partial charge in [0.25, 0.3) is 0 Å². The summed E-state index contributed by atoms with van der Waals surface area (Å²) in [6.07, 6.45) is 1.80. The van der Waals surface area contributed by atoms with Gasteiger partial charge in [-0.1, -0.05) is 42.5 Å². The summed E-state index contributed by atoms with van der Waals surface area (Å²) in [7, 11) is 0. The summed E-state index contributed by atoms with van der Waals surface area (Å²) >= 11 is 0. The van der Waals surface area contributed by atoms with Crippen molar-refractivity contribution in [1.29, 1.82) is 0 Å². The number of furan rings is 1. The minimum absolute atomic E-state index is 0.0854. The highest BCUT2D eigenvalue weighted by Gasteiger charge is 2.19. The van der Waals surface area contributed by atoms with E-state index in [0.717, 1.165) is 5.56 Å². The lowest BCUT2D eigenvalue weighted by molar-refractivity contribution is 0.548. The third-order valence-corrected chi connectivity index (χ3v) is 3.65. The van der Waals surface area contributed by atoms with E-state index in [1.807, 2.05) is 30.3 Å². The lowest BCUT2D eigenvalue weighted by Gasteiger charge is -2.01. The first-order valence-electron chi connectivity index (χ1n) is 6.63. The molecule has 1 aliphatic heterocycles. The molecule has 21 heavy (non-hydrogen) atoms. The first-order valence-corrected chi connectivity index (χ1v) is 6.63. The lowest BCUT2D eigenvalue weighted by Crippen LogP contribution is -2.25. The van der Waals surface area contributed by atoms with Crippen LogP contribution in [0.5, 0.6) is 0 Å². The second-order valence-corrected chi connectivity index (χ2v) is 4.97. The molecule has 0 saturated carbocycles. The van der Waals surface area contributed by atoms with Gasteiger partial charge in [0.2, 0.25) is 0 Å². The lowest BCUT2D eigenvalue weighted by atomic mass is 10.00. The van der Waals surface area contributed by atoms with Crippen molar-refractivity contribution < 1.29 is 4.42 Å². The molecule has 2 aromatic carbocycles. The fraction of sp³-hybridized carbons (Fsp3) is 0. The maximum absolute atomic E-state index is 12.6. The van der Waals surface area contributed by atoms with Gasteiger partial charge in [0, 0.05) is 16.2 Å². The van der Waals surface area contributed by atoms with E-state index in [9.17, 15) is 9.59 Å². The molecule has 0 radical (unpaired) electrons. The number of hydrogen-bond acceptors (Lipinski definition) is 3. The molecule has 100 valence electrons. The van der Waals surface area contributed by atoms with Crippen LogP contribution >= 0.6 is 0 Å². The van der Waals surface area contributed by atoms with Crippen LogP contribution in [-0.4, -0.2) is 0 Å². The van der Waals surface area contributed by atoms with Gasteiger partial charge in [-0.3, -0.25) is 4.79 Å². The minimum atomic E-state index is -0.396. The van der Waals surface area contributed by atoms with Crippen LogP contribution in [0.1, 0.15) is 5.56 Å². The van der Waals surface area contributed by atoms with E-state index in [-0.39, 0.29) is 5.43 Å². The fourth-order valence-electron chi connectivity index (χ4n) is 2.68. The fourth-order valence-corrected chi connectivity index (χ4v) is 2.68. The molecule has 0 aromatic heterocycles. The summed E-state index contributed by atoms with van der Waals surface area (Å²) in [5.41, 5.74) is 1.07. The summed E-state index contributed by atoms with van der Waals surface area (Å²) in [6.45, 7) is 0. The van der Waals surface area contributed by atoms with Gasteiger partial charge in [0.1, 0.15) is 5.76 Å². The second kappa shape index (κ2) is 4.28. The van der Waals surface area contributed by atoms with E-state index in [4.69, 9.17) is 4.42 Å². The zero-order valence-electron chi connectivity index (χ0n) is 11.0. The van der Waals surface area contributed by atoms with Crippen molar-refractivity contribution in [1.82, 2.24) is 0 Å². The molecule has 1 heterocycles. The Bertz CT molecular complexity index is 1060. The Morgan fingerprint density at radius 1 is 0.857 bits per heavy atom. The van der Waals surface area contributed by atoms with Gasteiger partial charge in [-0.15, -0.1) is 0 Å². The topological polar surface area (TPSA) is 47.3 Å². The quantitative estimate of drug-likeness (QED) is 0.535. The standard InChI is InChI=1S/C18H10O3/c19-17-12(9-11-5-2-1-3-6-11)10-15-16-13(17)7-4-8-14(16)18(20)21-15/h1-10H/b12-9+. The molecule has 0 fully saturated rings. The molecule has 4 rings (SSSR count). The molecule has 0 amide bonds. The molecule has 3 heteroatoms. The second-order valence-electron chi connectivity index (χ2n) is 4.97. The molecule has 0 atom stereocenters. The van der Waals surface area contributed by atoms with E-state index in [0.29, 0.717) is 27.3 Å². The summed E-state index contributed by atoms with van der Waals surface area (Å²) in [4.78, 5) is 24.4. The molecule has 1 aliphatic carbocycles. The van der Waals surface area contributed by atoms with E-state index < -0.39 is 5.63 Å². The Labute approximate surface area is 119 Å². The maximum atomic E-state index is 12.6. The largest absolute Gasteiger partial charge is 0.422 e. The van der Waals surface area contributed by atoms with E-state index in [1.54, 1.807) is 30.3 Å². The third kappa shape index (κ3) is 1.75. The van der Waals surface area contributed by atoms with Crippen LogP contribution in [0.15, 0.2) is 68.6 Å². The molecule has 0 N–H and O–H groups in total. The van der Waals surface area contributed by atoms with Crippen LogP contribution in [0.2, 0.25) is 0 Å². The Hall–Kier alpha value is -2.94. The van der Waals surface area contributed by atoms with Crippen LogP contribution in [0.3, 0.4) is 0 Å². The van der Waals surface area contributed by atoms with E-state index in [1.165, 1.54) is 0 Å². The van der Waals surface area contributed by atoms with Gasteiger partial charge in [-0.25, -0.2) is 4.79 Å². The summed E-state index contributed by atoms with van der Waals surface area (Å²) in [6, 6.07) is 16.4. The van der Waals surface area contributed by atoms with Gasteiger partial charge in [0.05, 0.1) is 5.39 Å². The molecule has 0 bridgehead atoms. The average molecular weight is 274 g/mol. The summed E-state index contributed by atoms with van der Waals surface area (Å²) < 4.78 is 5.26. The van der Waals surface area contributed by atoms with Crippen molar-refractivity contribution >= 4 is 16.8 Å². The van der Waals surface area contributed by atoms with Crippen molar-refractivity contribution in [2.24, 2.45) is 0 Å². The molecule has 0 saturated heterocycles. The minimum Gasteiger partial charge on any atom is -0.422 e. The smallest absolute Gasteiger partial charge is 0.344 e. The van der Waals surface area contributed by atoms with Gasteiger partial charge in [0.15, 0.2) is 5.43 Å². The number of benzene rings is 3. The Morgan fingerprint density at radius 2 is 1.62 bits per heavy atom. The van der Waals surface area contributed by atoms with Crippen molar-refractivity contribution in [3.8, 4) is 11.3 Å². The molecule has 3 nitrogen and oxygen atoms in total. The Kier molecular flexibility index (Phi) is 2.42. The molecular formula is C18H10O3. The predicted molar refractivity (Wildman–Crippen MR) is 81.8 cm³/mol. The molecule has 0 unspecified atom stereocenters. The Balaban J connectivity index is 2.16. The number of hydrogen-bond donors (Lipinski definition) is 0. The van der Waals surface area contributed by atoms with Gasteiger partial charge in [-0.05, 0) is 23.8 Å². The van der Waals surface area contributed by atoms with Crippen molar-refractivity contribution in [3.63, 3.8) is 0 Å². The Morgan fingerprint density at radius 3 is 2.43 bits per heavy atom. The van der Waals surface area contributed by atoms with E-state index in [2.05, 4.69) is 0 Å². The van der Waals surface area contributed by atoms with Crippen LogP contribution < -0.4 is 16.3 Å². The number of rotatable bonds is 1. The van der Waals surface area contributed by atoms with Gasteiger partial charge in [-0.2, -0.15) is 0 Å². The monoisotopic (exact) mass is 274 g/mol. The normalized spacial score (nSPS) is 12.5. The predicted octanol–water partition coefficient (Wildman–Crippen LogP) is 2.24. The molecule has 2 aliphatic rings. The SMILES string of the molecule is O=c1oc2c/c(=C\c3ccccc3)c(=O)c3cccc1c3-2. The highest BCUT2D eigenvalue weighted by molar-refractivity contribution is 5.95. The van der Waals surface area contributed by atoms with Gasteiger partial charge >= 0.3 is 5.63 Å². The summed E-state index contributed by atoms with van der Waals surface area (Å²) in [5, 5.41) is 1.51. The van der Waals surface area contributed by atoms with Crippen LogP contribution in [0.4, 0.5) is 0 Å². The third-order valence-electron chi connectivity index (χ3n) is 3.65. The van der Waals surface area contributed by atoms with Crippen LogP contribution in [0, 0.1) is 0 Å². The zero-order chi connectivity index (χ0) is 14.4. The summed E-state index contributed by atoms with van der Waals surface area (Å²) in [5.74, 6) is 0.465. The first-order chi connectivity index (χ1) is 10.2.